The molecule has 0 aliphatic rings. The molecule has 0 fully saturated rings. The summed E-state index contributed by atoms with van der Waals surface area (Å²) >= 11 is 2.11. The van der Waals surface area contributed by atoms with Crippen LogP contribution in [0.3, 0.4) is 0 Å². The van der Waals surface area contributed by atoms with E-state index in [0.717, 1.165) is 10.3 Å². The Balaban J connectivity index is 2.55. The molecule has 1 heterocycles. The molecule has 0 N–H and O–H groups in total. The predicted octanol–water partition coefficient (Wildman–Crippen LogP) is 2.92. The first-order chi connectivity index (χ1) is 7.39. The monoisotopic (exact) mass is 302 g/mol. The molecular weight excluding hydrogens is 288 g/mol. The Labute approximate surface area is 108 Å². The summed E-state index contributed by atoms with van der Waals surface area (Å²) in [6, 6.07) is 5.70. The van der Waals surface area contributed by atoms with Crippen LogP contribution in [0.2, 0.25) is 0 Å². The van der Waals surface area contributed by atoms with Gasteiger partial charge in [0.1, 0.15) is 20.7 Å². The second kappa shape index (κ2) is 5.80. The molecule has 16 heavy (non-hydrogen) atoms. The highest BCUT2D eigenvalue weighted by atomic mass is 79.9. The summed E-state index contributed by atoms with van der Waals surface area (Å²) in [5.41, 5.74) is 0.907. The number of hydrogen-bond donors (Lipinski definition) is 0. The van der Waals surface area contributed by atoms with Gasteiger partial charge in [-0.15, -0.1) is 0 Å². The molecule has 1 unspecified atom stereocenters. The van der Waals surface area contributed by atoms with Crippen LogP contribution in [0.5, 0.6) is 0 Å². The lowest BCUT2D eigenvalue weighted by atomic mass is 10.3. The molecule has 1 atom stereocenters. The summed E-state index contributed by atoms with van der Waals surface area (Å²) < 4.78 is 16.1. The first kappa shape index (κ1) is 13.7. The van der Waals surface area contributed by atoms with E-state index in [2.05, 4.69) is 25.3 Å². The van der Waals surface area contributed by atoms with Crippen molar-refractivity contribution in [1.29, 1.82) is 0 Å². The minimum atomic E-state index is -1.19. The molecule has 0 aromatic carbocycles. The lowest BCUT2D eigenvalue weighted by molar-refractivity contribution is 0.561. The normalized spacial score (nSPS) is 14.3. The fourth-order valence-electron chi connectivity index (χ4n) is 0.921. The molecule has 0 radical (unpaired) electrons. The average Bonchev–Trinajstić information content (AvgIpc) is 2.16. The van der Waals surface area contributed by atoms with Gasteiger partial charge in [-0.05, 0) is 48.8 Å². The molecule has 0 bridgehead atoms. The van der Waals surface area contributed by atoms with Crippen LogP contribution < -0.4 is 0 Å². The topological polar surface area (TPSA) is 48.3 Å². The molecule has 0 saturated heterocycles. The summed E-state index contributed by atoms with van der Waals surface area (Å²) in [6.45, 7) is 5.70. The molecule has 0 amide bonds. The van der Waals surface area contributed by atoms with Crippen LogP contribution in [0.15, 0.2) is 27.2 Å². The second-order valence-corrected chi connectivity index (χ2v) is 7.05. The van der Waals surface area contributed by atoms with E-state index in [1.165, 1.54) is 0 Å². The van der Waals surface area contributed by atoms with Gasteiger partial charge in [-0.1, -0.05) is 10.5 Å². The van der Waals surface area contributed by atoms with E-state index < -0.39 is 11.4 Å². The highest BCUT2D eigenvalue weighted by Gasteiger charge is 2.25. The Kier molecular flexibility index (Phi) is 4.95. The predicted molar refractivity (Wildman–Crippen MR) is 72.0 cm³/mol. The molecule has 88 valence electrons. The number of pyridine rings is 1. The standard InChI is InChI=1S/C11H15BrN2OS/c1-11(2,3)16(15)13-8-7-9-5-4-6-10(12)14-9/h4-6,8H,7H2,1-3H3. The number of nitrogens with zero attached hydrogens (tertiary/aromatic N) is 2. The van der Waals surface area contributed by atoms with E-state index in [1.807, 2.05) is 39.0 Å². The van der Waals surface area contributed by atoms with Crippen LogP contribution in [0, 0.1) is 0 Å². The zero-order valence-corrected chi connectivity index (χ0v) is 12.0. The minimum Gasteiger partial charge on any atom is -0.591 e. The molecule has 0 aliphatic carbocycles. The molecule has 0 saturated carbocycles. The van der Waals surface area contributed by atoms with Crippen molar-refractivity contribution in [2.75, 3.05) is 0 Å². The van der Waals surface area contributed by atoms with Gasteiger partial charge in [-0.2, -0.15) is 0 Å². The molecule has 0 aliphatic heterocycles. The van der Waals surface area contributed by atoms with Crippen LogP contribution in [-0.4, -0.2) is 20.5 Å². The van der Waals surface area contributed by atoms with Gasteiger partial charge in [-0.3, -0.25) is 0 Å². The van der Waals surface area contributed by atoms with E-state index in [-0.39, 0.29) is 4.75 Å². The van der Waals surface area contributed by atoms with Gasteiger partial charge in [0.15, 0.2) is 0 Å². The van der Waals surface area contributed by atoms with Crippen LogP contribution in [0.25, 0.3) is 0 Å². The number of hydrogen-bond acceptors (Lipinski definition) is 3. The van der Waals surface area contributed by atoms with Crippen molar-refractivity contribution in [3.8, 4) is 0 Å². The van der Waals surface area contributed by atoms with Crippen LogP contribution in [0.1, 0.15) is 26.5 Å². The molecule has 5 heteroatoms. The molecular formula is C11H15BrN2OS. The third-order valence-electron chi connectivity index (χ3n) is 1.77. The van der Waals surface area contributed by atoms with Crippen molar-refractivity contribution in [1.82, 2.24) is 4.98 Å². The first-order valence-electron chi connectivity index (χ1n) is 4.95. The first-order valence-corrected chi connectivity index (χ1v) is 6.85. The third-order valence-corrected chi connectivity index (χ3v) is 3.60. The Bertz CT molecular complexity index is 376. The van der Waals surface area contributed by atoms with Gasteiger partial charge >= 0.3 is 0 Å². The SMILES string of the molecule is CC(C)(C)[S+]([O-])N=CCc1cccc(Br)n1. The lowest BCUT2D eigenvalue weighted by Gasteiger charge is -2.17. The summed E-state index contributed by atoms with van der Waals surface area (Å²) in [5.74, 6) is 0. The van der Waals surface area contributed by atoms with E-state index >= 15 is 0 Å². The van der Waals surface area contributed by atoms with Crippen molar-refractivity contribution >= 4 is 33.5 Å². The number of rotatable bonds is 3. The fraction of sp³-hybridized carbons (Fsp3) is 0.455. The van der Waals surface area contributed by atoms with Crippen molar-refractivity contribution in [2.45, 2.75) is 31.9 Å². The van der Waals surface area contributed by atoms with Crippen molar-refractivity contribution in [2.24, 2.45) is 4.40 Å². The molecule has 1 rings (SSSR count). The van der Waals surface area contributed by atoms with Gasteiger partial charge < -0.3 is 4.55 Å². The van der Waals surface area contributed by atoms with Gasteiger partial charge in [-0.25, -0.2) is 4.98 Å². The fourth-order valence-corrected chi connectivity index (χ4v) is 1.83. The maximum atomic E-state index is 11.6. The zero-order chi connectivity index (χ0) is 12.2. The quantitative estimate of drug-likeness (QED) is 0.490. The molecule has 1 aromatic rings. The highest BCUT2D eigenvalue weighted by molar-refractivity contribution is 9.10. The minimum absolute atomic E-state index is 0.304. The van der Waals surface area contributed by atoms with Crippen molar-refractivity contribution < 1.29 is 4.55 Å². The second-order valence-electron chi connectivity index (χ2n) is 4.31. The highest BCUT2D eigenvalue weighted by Crippen LogP contribution is 2.16. The summed E-state index contributed by atoms with van der Waals surface area (Å²) in [5, 5.41) is 0. The van der Waals surface area contributed by atoms with Gasteiger partial charge in [0.05, 0.1) is 6.21 Å². The Morgan fingerprint density at radius 2 is 2.19 bits per heavy atom. The summed E-state index contributed by atoms with van der Waals surface area (Å²) in [6.07, 6.45) is 2.26. The van der Waals surface area contributed by atoms with Gasteiger partial charge in [0.2, 0.25) is 0 Å². The van der Waals surface area contributed by atoms with E-state index in [9.17, 15) is 4.55 Å². The number of aromatic nitrogens is 1. The zero-order valence-electron chi connectivity index (χ0n) is 9.61. The summed E-state index contributed by atoms with van der Waals surface area (Å²) in [7, 11) is 0. The Morgan fingerprint density at radius 3 is 2.75 bits per heavy atom. The summed E-state index contributed by atoms with van der Waals surface area (Å²) in [4.78, 5) is 4.26. The van der Waals surface area contributed by atoms with Gasteiger partial charge in [0, 0.05) is 12.1 Å². The van der Waals surface area contributed by atoms with E-state index in [0.29, 0.717) is 6.42 Å². The Morgan fingerprint density at radius 1 is 1.50 bits per heavy atom. The Hall–Kier alpha value is -0.390. The van der Waals surface area contributed by atoms with Crippen LogP contribution in [-0.2, 0) is 17.8 Å². The lowest BCUT2D eigenvalue weighted by Crippen LogP contribution is -2.25. The largest absolute Gasteiger partial charge is 0.591 e. The van der Waals surface area contributed by atoms with E-state index in [1.54, 1.807) is 6.21 Å². The van der Waals surface area contributed by atoms with Crippen molar-refractivity contribution in [3.05, 3.63) is 28.5 Å². The molecule has 0 spiro atoms. The van der Waals surface area contributed by atoms with Crippen LogP contribution >= 0.6 is 15.9 Å². The molecule has 1 aromatic heterocycles. The maximum absolute atomic E-state index is 11.6. The number of halogens is 1. The van der Waals surface area contributed by atoms with Crippen molar-refractivity contribution in [3.63, 3.8) is 0 Å². The average molecular weight is 303 g/mol. The smallest absolute Gasteiger partial charge is 0.144 e. The molecule has 3 nitrogen and oxygen atoms in total. The van der Waals surface area contributed by atoms with Crippen LogP contribution in [0.4, 0.5) is 0 Å². The third kappa shape index (κ3) is 4.63. The van der Waals surface area contributed by atoms with E-state index in [4.69, 9.17) is 0 Å². The maximum Gasteiger partial charge on any atom is 0.144 e. The van der Waals surface area contributed by atoms with Gasteiger partial charge in [0.25, 0.3) is 0 Å².